The number of aromatic nitrogens is 1. The lowest BCUT2D eigenvalue weighted by molar-refractivity contribution is 0.264. The number of anilines is 1. The number of rotatable bonds is 3. The summed E-state index contributed by atoms with van der Waals surface area (Å²) in [6.07, 6.45) is 5.54. The Hall–Kier alpha value is -1.13. The van der Waals surface area contributed by atoms with Crippen LogP contribution in [0.3, 0.4) is 0 Å². The van der Waals surface area contributed by atoms with Crippen LogP contribution < -0.4 is 4.90 Å². The van der Waals surface area contributed by atoms with Gasteiger partial charge in [-0.2, -0.15) is 0 Å². The highest BCUT2D eigenvalue weighted by atomic mass is 16.3. The molecular formula is C11H16N2O2. The van der Waals surface area contributed by atoms with Crippen molar-refractivity contribution in [3.63, 3.8) is 0 Å². The molecule has 1 aliphatic heterocycles. The summed E-state index contributed by atoms with van der Waals surface area (Å²) in [5.41, 5.74) is 1.84. The lowest BCUT2D eigenvalue weighted by atomic mass is 10.2. The predicted octanol–water partition coefficient (Wildman–Crippen LogP) is 0.535. The molecule has 4 heteroatoms. The maximum absolute atomic E-state index is 9.24. The summed E-state index contributed by atoms with van der Waals surface area (Å²) in [6.45, 7) is 1.12. The highest BCUT2D eigenvalue weighted by Crippen LogP contribution is 2.27. The number of hydrogen-bond acceptors (Lipinski definition) is 4. The lowest BCUT2D eigenvalue weighted by Gasteiger charge is -2.26. The lowest BCUT2D eigenvalue weighted by Crippen LogP contribution is -2.32. The first-order valence-electron chi connectivity index (χ1n) is 5.28. The quantitative estimate of drug-likeness (QED) is 0.761. The maximum Gasteiger partial charge on any atom is 0.0703 e. The molecule has 0 aliphatic carbocycles. The van der Waals surface area contributed by atoms with E-state index in [1.54, 1.807) is 12.4 Å². The van der Waals surface area contributed by atoms with Crippen molar-refractivity contribution in [1.29, 1.82) is 0 Å². The van der Waals surface area contributed by atoms with Crippen molar-refractivity contribution in [2.24, 2.45) is 0 Å². The molecule has 1 aromatic heterocycles. The van der Waals surface area contributed by atoms with E-state index in [0.717, 1.165) is 30.6 Å². The first kappa shape index (κ1) is 10.4. The minimum absolute atomic E-state index is 0.0203. The fraction of sp³-hybridized carbons (Fsp3) is 0.545. The summed E-state index contributed by atoms with van der Waals surface area (Å²) in [5, 5.41) is 18.5. The van der Waals surface area contributed by atoms with Crippen LogP contribution in [-0.2, 0) is 6.61 Å². The van der Waals surface area contributed by atoms with E-state index in [9.17, 15) is 10.2 Å². The van der Waals surface area contributed by atoms with Gasteiger partial charge < -0.3 is 15.1 Å². The highest BCUT2D eigenvalue weighted by Gasteiger charge is 2.25. The van der Waals surface area contributed by atoms with E-state index in [4.69, 9.17) is 0 Å². The third kappa shape index (κ3) is 1.96. The number of aliphatic hydroxyl groups excluding tert-OH is 2. The number of pyridine rings is 1. The Morgan fingerprint density at radius 3 is 3.07 bits per heavy atom. The second kappa shape index (κ2) is 4.59. The van der Waals surface area contributed by atoms with Crippen LogP contribution in [-0.4, -0.2) is 34.4 Å². The van der Waals surface area contributed by atoms with Crippen LogP contribution in [0.2, 0.25) is 0 Å². The van der Waals surface area contributed by atoms with Gasteiger partial charge in [0.1, 0.15) is 0 Å². The van der Waals surface area contributed by atoms with Crippen LogP contribution in [0.5, 0.6) is 0 Å². The third-order valence-corrected chi connectivity index (χ3v) is 2.96. The van der Waals surface area contributed by atoms with Crippen molar-refractivity contribution in [3.05, 3.63) is 24.0 Å². The van der Waals surface area contributed by atoms with Gasteiger partial charge in [0.15, 0.2) is 0 Å². The second-order valence-electron chi connectivity index (χ2n) is 3.83. The molecule has 1 aromatic rings. The van der Waals surface area contributed by atoms with Crippen LogP contribution in [0.1, 0.15) is 18.4 Å². The fourth-order valence-electron chi connectivity index (χ4n) is 2.15. The van der Waals surface area contributed by atoms with Crippen molar-refractivity contribution in [3.8, 4) is 0 Å². The molecule has 15 heavy (non-hydrogen) atoms. The largest absolute Gasteiger partial charge is 0.394 e. The molecule has 2 rings (SSSR count). The van der Waals surface area contributed by atoms with E-state index in [-0.39, 0.29) is 19.3 Å². The van der Waals surface area contributed by atoms with E-state index in [2.05, 4.69) is 9.88 Å². The van der Waals surface area contributed by atoms with Gasteiger partial charge >= 0.3 is 0 Å². The Morgan fingerprint density at radius 1 is 1.47 bits per heavy atom. The molecule has 0 amide bonds. The van der Waals surface area contributed by atoms with E-state index in [0.29, 0.717) is 0 Å². The topological polar surface area (TPSA) is 56.6 Å². The minimum atomic E-state index is 0.0203. The summed E-state index contributed by atoms with van der Waals surface area (Å²) >= 11 is 0. The van der Waals surface area contributed by atoms with Crippen molar-refractivity contribution in [2.45, 2.75) is 25.5 Å². The van der Waals surface area contributed by atoms with E-state index in [1.807, 2.05) is 6.07 Å². The van der Waals surface area contributed by atoms with Crippen LogP contribution in [0.25, 0.3) is 0 Å². The Labute approximate surface area is 89.2 Å². The molecule has 0 bridgehead atoms. The molecular weight excluding hydrogens is 192 g/mol. The zero-order valence-electron chi connectivity index (χ0n) is 8.63. The maximum atomic E-state index is 9.24. The molecule has 82 valence electrons. The monoisotopic (exact) mass is 208 g/mol. The molecule has 0 aromatic carbocycles. The predicted molar refractivity (Wildman–Crippen MR) is 57.6 cm³/mol. The van der Waals surface area contributed by atoms with Gasteiger partial charge in [0.2, 0.25) is 0 Å². The molecule has 2 N–H and O–H groups in total. The summed E-state index contributed by atoms with van der Waals surface area (Å²) in [5.74, 6) is 0. The Morgan fingerprint density at radius 2 is 2.33 bits per heavy atom. The van der Waals surface area contributed by atoms with Gasteiger partial charge in [-0.05, 0) is 18.9 Å². The first-order valence-corrected chi connectivity index (χ1v) is 5.28. The molecule has 1 fully saturated rings. The van der Waals surface area contributed by atoms with E-state index < -0.39 is 0 Å². The molecule has 4 nitrogen and oxygen atoms in total. The van der Waals surface area contributed by atoms with Crippen LogP contribution in [0.15, 0.2) is 18.5 Å². The SMILES string of the molecule is OCc1ccncc1N1CCCC1CO. The van der Waals surface area contributed by atoms with Crippen LogP contribution in [0.4, 0.5) is 5.69 Å². The van der Waals surface area contributed by atoms with Crippen molar-refractivity contribution < 1.29 is 10.2 Å². The summed E-state index contributed by atoms with van der Waals surface area (Å²) in [6, 6.07) is 2.00. The van der Waals surface area contributed by atoms with Gasteiger partial charge in [0.05, 0.1) is 31.1 Å². The zero-order chi connectivity index (χ0) is 10.7. The molecule has 1 aliphatic rings. The normalized spacial score (nSPS) is 20.9. The zero-order valence-corrected chi connectivity index (χ0v) is 8.63. The van der Waals surface area contributed by atoms with Gasteiger partial charge in [-0.1, -0.05) is 0 Å². The summed E-state index contributed by atoms with van der Waals surface area (Å²) < 4.78 is 0. The van der Waals surface area contributed by atoms with Crippen molar-refractivity contribution in [2.75, 3.05) is 18.1 Å². The average molecular weight is 208 g/mol. The van der Waals surface area contributed by atoms with Gasteiger partial charge in [0, 0.05) is 18.3 Å². The minimum Gasteiger partial charge on any atom is -0.394 e. The Kier molecular flexibility index (Phi) is 3.18. The summed E-state index contributed by atoms with van der Waals surface area (Å²) in [4.78, 5) is 6.21. The molecule has 0 radical (unpaired) electrons. The third-order valence-electron chi connectivity index (χ3n) is 2.96. The average Bonchev–Trinajstić information content (AvgIpc) is 2.76. The van der Waals surface area contributed by atoms with Crippen molar-refractivity contribution in [1.82, 2.24) is 4.98 Å². The van der Waals surface area contributed by atoms with Crippen LogP contribution in [0, 0.1) is 0 Å². The molecule has 0 saturated carbocycles. The standard InChI is InChI=1S/C11H16N2O2/c14-7-9-3-4-12-6-11(9)13-5-1-2-10(13)8-15/h3-4,6,10,14-15H,1-2,5,7-8H2. The Balaban J connectivity index is 2.27. The molecule has 2 heterocycles. The van der Waals surface area contributed by atoms with E-state index >= 15 is 0 Å². The first-order chi connectivity index (χ1) is 7.36. The number of nitrogens with zero attached hydrogens (tertiary/aromatic N) is 2. The van der Waals surface area contributed by atoms with Gasteiger partial charge in [-0.25, -0.2) is 0 Å². The Bertz CT molecular complexity index is 330. The van der Waals surface area contributed by atoms with Crippen molar-refractivity contribution >= 4 is 5.69 Å². The molecule has 0 spiro atoms. The smallest absolute Gasteiger partial charge is 0.0703 e. The number of hydrogen-bond donors (Lipinski definition) is 2. The van der Waals surface area contributed by atoms with Gasteiger partial charge in [-0.3, -0.25) is 4.98 Å². The fourth-order valence-corrected chi connectivity index (χ4v) is 2.15. The van der Waals surface area contributed by atoms with Gasteiger partial charge in [0.25, 0.3) is 0 Å². The molecule has 1 unspecified atom stereocenters. The molecule has 1 saturated heterocycles. The highest BCUT2D eigenvalue weighted by molar-refractivity contribution is 5.53. The second-order valence-corrected chi connectivity index (χ2v) is 3.83. The van der Waals surface area contributed by atoms with Crippen LogP contribution >= 0.6 is 0 Å². The van der Waals surface area contributed by atoms with E-state index in [1.165, 1.54) is 0 Å². The summed E-state index contributed by atoms with van der Waals surface area (Å²) in [7, 11) is 0. The number of aliphatic hydroxyl groups is 2. The molecule has 1 atom stereocenters. The van der Waals surface area contributed by atoms with Gasteiger partial charge in [-0.15, -0.1) is 0 Å².